The lowest BCUT2D eigenvalue weighted by Crippen LogP contribution is -2.42. The van der Waals surface area contributed by atoms with Gasteiger partial charge in [-0.15, -0.1) is 0 Å². The number of ether oxygens (including phenoxy) is 2. The van der Waals surface area contributed by atoms with Gasteiger partial charge in [0.05, 0.1) is 19.8 Å². The van der Waals surface area contributed by atoms with E-state index in [1.165, 1.54) is 18.4 Å². The molecular formula is C11H15ClN2O3S. The topological polar surface area (TPSA) is 51.7 Å². The zero-order chi connectivity index (χ0) is 13.1. The van der Waals surface area contributed by atoms with Crippen LogP contribution in [0.25, 0.3) is 0 Å². The van der Waals surface area contributed by atoms with E-state index in [9.17, 15) is 4.79 Å². The Balaban J connectivity index is 2.16. The molecule has 18 heavy (non-hydrogen) atoms. The molecule has 1 aromatic heterocycles. The highest BCUT2D eigenvalue weighted by molar-refractivity contribution is 7.18. The van der Waals surface area contributed by atoms with Gasteiger partial charge in [-0.25, -0.2) is 9.78 Å². The number of halogens is 1. The summed E-state index contributed by atoms with van der Waals surface area (Å²) in [4.78, 5) is 18.2. The fourth-order valence-electron chi connectivity index (χ4n) is 1.78. The van der Waals surface area contributed by atoms with E-state index >= 15 is 0 Å². The highest BCUT2D eigenvalue weighted by Gasteiger charge is 2.25. The lowest BCUT2D eigenvalue weighted by atomic mass is 10.2. The van der Waals surface area contributed by atoms with Crippen LogP contribution < -0.4 is 4.90 Å². The molecule has 7 heteroatoms. The van der Waals surface area contributed by atoms with E-state index in [1.807, 2.05) is 0 Å². The molecule has 0 aliphatic carbocycles. The lowest BCUT2D eigenvalue weighted by molar-refractivity contribution is 0.0384. The third-order valence-electron chi connectivity index (χ3n) is 2.81. The monoisotopic (exact) mass is 290 g/mol. The molecule has 1 fully saturated rings. The normalized spacial score (nSPS) is 19.9. The Morgan fingerprint density at radius 2 is 2.50 bits per heavy atom. The van der Waals surface area contributed by atoms with Crippen molar-refractivity contribution in [3.63, 3.8) is 0 Å². The maximum absolute atomic E-state index is 11.5. The first-order valence-electron chi connectivity index (χ1n) is 5.76. The van der Waals surface area contributed by atoms with Crippen molar-refractivity contribution < 1.29 is 14.3 Å². The third-order valence-corrected chi connectivity index (χ3v) is 4.29. The highest BCUT2D eigenvalue weighted by atomic mass is 35.5. The molecule has 1 aliphatic rings. The van der Waals surface area contributed by atoms with Crippen molar-refractivity contribution in [3.05, 3.63) is 10.0 Å². The molecule has 0 amide bonds. The standard InChI is InChI=1S/C11H15ClN2O3S/c1-3-7-6-14(4-5-17-7)11-13-9(12)8(18-11)10(15)16-2/h7H,3-6H2,1-2H3. The fourth-order valence-corrected chi connectivity index (χ4v) is 3.02. The first-order chi connectivity index (χ1) is 8.65. The minimum absolute atomic E-state index is 0.210. The molecule has 1 aliphatic heterocycles. The Morgan fingerprint density at radius 1 is 1.72 bits per heavy atom. The van der Waals surface area contributed by atoms with E-state index < -0.39 is 5.97 Å². The van der Waals surface area contributed by atoms with Gasteiger partial charge in [-0.2, -0.15) is 0 Å². The van der Waals surface area contributed by atoms with Crippen LogP contribution in [0.1, 0.15) is 23.0 Å². The molecule has 1 atom stereocenters. The van der Waals surface area contributed by atoms with Gasteiger partial charge >= 0.3 is 5.97 Å². The highest BCUT2D eigenvalue weighted by Crippen LogP contribution is 2.31. The third kappa shape index (κ3) is 2.76. The van der Waals surface area contributed by atoms with Crippen LogP contribution >= 0.6 is 22.9 Å². The van der Waals surface area contributed by atoms with Crippen LogP contribution in [0.4, 0.5) is 5.13 Å². The van der Waals surface area contributed by atoms with Gasteiger partial charge in [0.25, 0.3) is 0 Å². The number of aromatic nitrogens is 1. The number of methoxy groups -OCH3 is 1. The number of carbonyl (C=O) groups is 1. The van der Waals surface area contributed by atoms with Gasteiger partial charge in [0.1, 0.15) is 0 Å². The maximum atomic E-state index is 11.5. The second-order valence-corrected chi connectivity index (χ2v) is 5.29. The number of anilines is 1. The number of hydrogen-bond donors (Lipinski definition) is 0. The van der Waals surface area contributed by atoms with Crippen LogP contribution in [0.2, 0.25) is 5.15 Å². The first-order valence-corrected chi connectivity index (χ1v) is 6.96. The number of rotatable bonds is 3. The van der Waals surface area contributed by atoms with Crippen molar-refractivity contribution in [3.8, 4) is 0 Å². The Kier molecular flexibility index (Phi) is 4.42. The summed E-state index contributed by atoms with van der Waals surface area (Å²) >= 11 is 7.21. The van der Waals surface area contributed by atoms with Crippen molar-refractivity contribution in [2.45, 2.75) is 19.4 Å². The van der Waals surface area contributed by atoms with Gasteiger partial charge in [-0.3, -0.25) is 0 Å². The minimum Gasteiger partial charge on any atom is -0.465 e. The summed E-state index contributed by atoms with van der Waals surface area (Å²) in [6.45, 7) is 4.30. The molecule has 100 valence electrons. The Labute approximate surface area is 115 Å². The van der Waals surface area contributed by atoms with E-state index in [1.54, 1.807) is 0 Å². The predicted octanol–water partition coefficient (Wildman–Crippen LogP) is 2.20. The number of thiazole rings is 1. The molecule has 1 unspecified atom stereocenters. The number of morpholine rings is 1. The van der Waals surface area contributed by atoms with Gasteiger partial charge in [0.2, 0.25) is 0 Å². The summed E-state index contributed by atoms with van der Waals surface area (Å²) in [7, 11) is 1.33. The quantitative estimate of drug-likeness (QED) is 0.799. The van der Waals surface area contributed by atoms with Crippen LogP contribution in [-0.2, 0) is 9.47 Å². The van der Waals surface area contributed by atoms with Gasteiger partial charge in [0.15, 0.2) is 15.2 Å². The summed E-state index contributed by atoms with van der Waals surface area (Å²) in [6, 6.07) is 0. The molecule has 0 radical (unpaired) electrons. The van der Waals surface area contributed by atoms with Crippen molar-refractivity contribution in [1.29, 1.82) is 0 Å². The van der Waals surface area contributed by atoms with Crippen molar-refractivity contribution >= 4 is 34.0 Å². The number of nitrogens with zero attached hydrogens (tertiary/aromatic N) is 2. The van der Waals surface area contributed by atoms with Gasteiger partial charge in [-0.05, 0) is 6.42 Å². The fraction of sp³-hybridized carbons (Fsp3) is 0.636. The van der Waals surface area contributed by atoms with Gasteiger partial charge in [-0.1, -0.05) is 29.9 Å². The first kappa shape index (κ1) is 13.6. The van der Waals surface area contributed by atoms with Crippen LogP contribution in [-0.4, -0.2) is 43.9 Å². The van der Waals surface area contributed by atoms with Crippen molar-refractivity contribution in [1.82, 2.24) is 4.98 Å². The Morgan fingerprint density at radius 3 is 3.17 bits per heavy atom. The number of hydrogen-bond acceptors (Lipinski definition) is 6. The van der Waals surface area contributed by atoms with Crippen LogP contribution in [0, 0.1) is 0 Å². The van der Waals surface area contributed by atoms with Crippen LogP contribution in [0.5, 0.6) is 0 Å². The molecule has 1 saturated heterocycles. The Bertz CT molecular complexity index is 438. The van der Waals surface area contributed by atoms with Gasteiger partial charge in [0, 0.05) is 13.1 Å². The second-order valence-electron chi connectivity index (χ2n) is 3.96. The maximum Gasteiger partial charge on any atom is 0.351 e. The average Bonchev–Trinajstić information content (AvgIpc) is 2.80. The summed E-state index contributed by atoms with van der Waals surface area (Å²) in [6.07, 6.45) is 1.17. The second kappa shape index (κ2) is 5.86. The molecule has 0 saturated carbocycles. The number of esters is 1. The molecule has 2 heterocycles. The van der Waals surface area contributed by atoms with Crippen LogP contribution in [0.3, 0.4) is 0 Å². The molecule has 0 aromatic carbocycles. The smallest absolute Gasteiger partial charge is 0.351 e. The number of carbonyl (C=O) groups excluding carboxylic acids is 1. The zero-order valence-corrected chi connectivity index (χ0v) is 11.9. The Hall–Kier alpha value is -0.850. The molecule has 2 rings (SSSR count). The van der Waals surface area contributed by atoms with Crippen molar-refractivity contribution in [2.24, 2.45) is 0 Å². The van der Waals surface area contributed by atoms with E-state index in [2.05, 4.69) is 21.5 Å². The molecule has 0 spiro atoms. The lowest BCUT2D eigenvalue weighted by Gasteiger charge is -2.32. The van der Waals surface area contributed by atoms with Crippen molar-refractivity contribution in [2.75, 3.05) is 31.7 Å². The molecule has 5 nitrogen and oxygen atoms in total. The van der Waals surface area contributed by atoms with E-state index in [0.717, 1.165) is 24.6 Å². The van der Waals surface area contributed by atoms with E-state index in [4.69, 9.17) is 16.3 Å². The van der Waals surface area contributed by atoms with Gasteiger partial charge < -0.3 is 14.4 Å². The SMILES string of the molecule is CCC1CN(c2nc(Cl)c(C(=O)OC)s2)CCO1. The average molecular weight is 291 g/mol. The largest absolute Gasteiger partial charge is 0.465 e. The molecular weight excluding hydrogens is 276 g/mol. The van der Waals surface area contributed by atoms with Crippen LogP contribution in [0.15, 0.2) is 0 Å². The zero-order valence-electron chi connectivity index (χ0n) is 10.3. The summed E-state index contributed by atoms with van der Waals surface area (Å²) in [5.41, 5.74) is 0. The minimum atomic E-state index is -0.441. The predicted molar refractivity (Wildman–Crippen MR) is 70.7 cm³/mol. The summed E-state index contributed by atoms with van der Waals surface area (Å²) < 4.78 is 10.3. The molecule has 0 N–H and O–H groups in total. The summed E-state index contributed by atoms with van der Waals surface area (Å²) in [5.74, 6) is -0.441. The molecule has 0 bridgehead atoms. The summed E-state index contributed by atoms with van der Waals surface area (Å²) in [5, 5.41) is 0.962. The van der Waals surface area contributed by atoms with E-state index in [0.29, 0.717) is 11.5 Å². The van der Waals surface area contributed by atoms with E-state index in [-0.39, 0.29) is 11.3 Å². The molecule has 1 aromatic rings.